The Morgan fingerprint density at radius 2 is 2.21 bits per heavy atom. The molecule has 0 aliphatic rings. The molecule has 0 amide bonds. The summed E-state index contributed by atoms with van der Waals surface area (Å²) in [6, 6.07) is 0. The summed E-state index contributed by atoms with van der Waals surface area (Å²) in [5.74, 6) is -0.268. The molecule has 84 valence electrons. The number of ether oxygens (including phenoxy) is 2. The molecule has 0 aromatic heterocycles. The number of carbonyl (C=O) groups excluding carboxylic acids is 1. The van der Waals surface area contributed by atoms with Gasteiger partial charge in [0.15, 0.2) is 0 Å². The Kier molecular flexibility index (Phi) is 9.13. The monoisotopic (exact) mass is 221 g/mol. The smallest absolute Gasteiger partial charge is 0.309 e. The fourth-order valence-corrected chi connectivity index (χ4v) is 0.945. The van der Waals surface area contributed by atoms with Crippen molar-refractivity contribution in [2.24, 2.45) is 0 Å². The van der Waals surface area contributed by atoms with E-state index in [1.165, 1.54) is 0 Å². The Balaban J connectivity index is 3.15. The van der Waals surface area contributed by atoms with Crippen LogP contribution in [0.2, 0.25) is 0 Å². The van der Waals surface area contributed by atoms with Crippen molar-refractivity contribution in [3.8, 4) is 0 Å². The van der Waals surface area contributed by atoms with Crippen molar-refractivity contribution in [1.29, 1.82) is 0 Å². The third-order valence-electron chi connectivity index (χ3n) is 1.43. The van der Waals surface area contributed by atoms with Gasteiger partial charge in [-0.15, -0.1) is 12.6 Å². The molecule has 0 spiro atoms. The molecule has 0 aromatic carbocycles. The molecule has 14 heavy (non-hydrogen) atoms. The average Bonchev–Trinajstić information content (AvgIpc) is 2.10. The number of carbonyl (C=O) groups is 1. The van der Waals surface area contributed by atoms with Gasteiger partial charge in [-0.1, -0.05) is 6.92 Å². The van der Waals surface area contributed by atoms with E-state index in [0.717, 1.165) is 13.1 Å². The molecule has 5 heteroatoms. The second-order valence-electron chi connectivity index (χ2n) is 2.81. The lowest BCUT2D eigenvalue weighted by atomic mass is 10.5. The number of esters is 1. The Morgan fingerprint density at radius 3 is 2.79 bits per heavy atom. The van der Waals surface area contributed by atoms with Gasteiger partial charge in [0.05, 0.1) is 19.6 Å². The van der Waals surface area contributed by atoms with Gasteiger partial charge in [0.2, 0.25) is 0 Å². The number of likely N-dealkylation sites (N-methyl/N-ethyl adjacent to an activating group) is 1. The number of rotatable bonds is 8. The second-order valence-corrected chi connectivity index (χ2v) is 3.53. The lowest BCUT2D eigenvalue weighted by Gasteiger charge is -2.07. The van der Waals surface area contributed by atoms with Crippen LogP contribution in [0.5, 0.6) is 0 Å². The van der Waals surface area contributed by atoms with Gasteiger partial charge in [0, 0.05) is 6.54 Å². The minimum atomic E-state index is -0.343. The third kappa shape index (κ3) is 9.83. The molecule has 1 atom stereocenters. The molecule has 0 aromatic rings. The fraction of sp³-hybridized carbons (Fsp3) is 0.889. The van der Waals surface area contributed by atoms with E-state index in [4.69, 9.17) is 9.47 Å². The van der Waals surface area contributed by atoms with Gasteiger partial charge in [-0.05, 0) is 13.5 Å². The molecule has 0 bridgehead atoms. The minimum Gasteiger partial charge on any atom is -0.452 e. The van der Waals surface area contributed by atoms with E-state index in [-0.39, 0.29) is 17.8 Å². The molecule has 0 fully saturated rings. The first-order valence-electron chi connectivity index (χ1n) is 4.82. The van der Waals surface area contributed by atoms with Crippen molar-refractivity contribution in [2.75, 3.05) is 26.3 Å². The van der Waals surface area contributed by atoms with Crippen molar-refractivity contribution in [1.82, 2.24) is 5.32 Å². The zero-order valence-corrected chi connectivity index (χ0v) is 9.68. The summed E-state index contributed by atoms with van der Waals surface area (Å²) in [6.07, 6.45) is 0.289. The van der Waals surface area contributed by atoms with Gasteiger partial charge in [0.25, 0.3) is 0 Å². The van der Waals surface area contributed by atoms with Crippen molar-refractivity contribution in [2.45, 2.75) is 25.7 Å². The van der Waals surface area contributed by atoms with Gasteiger partial charge >= 0.3 is 5.97 Å². The maximum atomic E-state index is 11.0. The molecule has 0 aliphatic carbocycles. The molecule has 1 unspecified atom stereocenters. The van der Waals surface area contributed by atoms with Crippen LogP contribution in [-0.2, 0) is 14.3 Å². The first kappa shape index (κ1) is 13.7. The lowest BCUT2D eigenvalue weighted by Crippen LogP contribution is -2.20. The Labute approximate surface area is 90.8 Å². The van der Waals surface area contributed by atoms with Gasteiger partial charge < -0.3 is 14.8 Å². The van der Waals surface area contributed by atoms with E-state index < -0.39 is 0 Å². The molecular weight excluding hydrogens is 202 g/mol. The van der Waals surface area contributed by atoms with E-state index >= 15 is 0 Å². The zero-order chi connectivity index (χ0) is 10.8. The minimum absolute atomic E-state index is 0.268. The largest absolute Gasteiger partial charge is 0.452 e. The molecule has 0 heterocycles. The average molecular weight is 221 g/mol. The molecule has 0 saturated heterocycles. The highest BCUT2D eigenvalue weighted by Gasteiger charge is 2.04. The van der Waals surface area contributed by atoms with Gasteiger partial charge in [-0.3, -0.25) is 4.79 Å². The van der Waals surface area contributed by atoms with Crippen LogP contribution < -0.4 is 5.32 Å². The van der Waals surface area contributed by atoms with Crippen LogP contribution in [0, 0.1) is 0 Å². The molecule has 0 saturated carbocycles. The first-order valence-corrected chi connectivity index (χ1v) is 5.34. The molecule has 1 N–H and O–H groups in total. The Bertz CT molecular complexity index is 153. The van der Waals surface area contributed by atoms with Crippen LogP contribution in [0.4, 0.5) is 0 Å². The van der Waals surface area contributed by atoms with E-state index in [2.05, 4.69) is 17.9 Å². The summed E-state index contributed by atoms with van der Waals surface area (Å²) in [6.45, 7) is 6.51. The Hall–Kier alpha value is -0.260. The summed E-state index contributed by atoms with van der Waals surface area (Å²) in [7, 11) is 0. The highest BCUT2D eigenvalue weighted by molar-refractivity contribution is 7.80. The highest BCUT2D eigenvalue weighted by atomic mass is 32.1. The number of thiol groups is 1. The summed E-state index contributed by atoms with van der Waals surface area (Å²) >= 11 is 3.93. The summed E-state index contributed by atoms with van der Waals surface area (Å²) in [5.41, 5.74) is -0.343. The molecule has 0 rings (SSSR count). The quantitative estimate of drug-likeness (QED) is 0.276. The van der Waals surface area contributed by atoms with Crippen molar-refractivity contribution in [3.63, 3.8) is 0 Å². The molecular formula is C9H19NO3S. The van der Waals surface area contributed by atoms with Crippen LogP contribution in [0.1, 0.15) is 20.3 Å². The van der Waals surface area contributed by atoms with E-state index in [9.17, 15) is 4.79 Å². The number of hydrogen-bond donors (Lipinski definition) is 2. The van der Waals surface area contributed by atoms with Gasteiger partial charge in [-0.2, -0.15) is 0 Å². The summed E-state index contributed by atoms with van der Waals surface area (Å²) in [4.78, 5) is 11.0. The topological polar surface area (TPSA) is 47.6 Å². The number of nitrogens with one attached hydrogen (secondary N) is 1. The fourth-order valence-electron chi connectivity index (χ4n) is 0.828. The van der Waals surface area contributed by atoms with Crippen LogP contribution in [-0.4, -0.2) is 37.7 Å². The normalized spacial score (nSPS) is 12.5. The molecule has 0 radical (unpaired) electrons. The van der Waals surface area contributed by atoms with E-state index in [0.29, 0.717) is 13.2 Å². The van der Waals surface area contributed by atoms with E-state index in [1.54, 1.807) is 6.92 Å². The molecule has 0 aliphatic heterocycles. The predicted molar refractivity (Wildman–Crippen MR) is 58.5 cm³/mol. The van der Waals surface area contributed by atoms with Crippen molar-refractivity contribution >= 4 is 18.6 Å². The van der Waals surface area contributed by atoms with Crippen molar-refractivity contribution in [3.05, 3.63) is 0 Å². The summed E-state index contributed by atoms with van der Waals surface area (Å²) in [5, 5.41) is 3.12. The van der Waals surface area contributed by atoms with Gasteiger partial charge in [-0.25, -0.2) is 0 Å². The maximum absolute atomic E-state index is 11.0. The number of hydrogen-bond acceptors (Lipinski definition) is 5. The van der Waals surface area contributed by atoms with Crippen LogP contribution >= 0.6 is 12.6 Å². The standard InChI is InChI=1S/C9H19NO3S/c1-3-10-5-7-12-6-4-9(11)13-8(2)14/h8,10,14H,3-7H2,1-2H3. The Morgan fingerprint density at radius 1 is 1.50 bits per heavy atom. The maximum Gasteiger partial charge on any atom is 0.309 e. The van der Waals surface area contributed by atoms with Crippen molar-refractivity contribution < 1.29 is 14.3 Å². The summed E-state index contributed by atoms with van der Waals surface area (Å²) < 4.78 is 10.0. The third-order valence-corrected chi connectivity index (χ3v) is 1.53. The van der Waals surface area contributed by atoms with Crippen LogP contribution in [0.3, 0.4) is 0 Å². The lowest BCUT2D eigenvalue weighted by molar-refractivity contribution is -0.145. The first-order chi connectivity index (χ1) is 6.66. The van der Waals surface area contributed by atoms with E-state index in [1.807, 2.05) is 6.92 Å². The molecule has 4 nitrogen and oxygen atoms in total. The second kappa shape index (κ2) is 9.30. The predicted octanol–water partition coefficient (Wildman–Crippen LogP) is 0.822. The van der Waals surface area contributed by atoms with Gasteiger partial charge in [0.1, 0.15) is 5.44 Å². The highest BCUT2D eigenvalue weighted by Crippen LogP contribution is 1.97. The van der Waals surface area contributed by atoms with Crippen LogP contribution in [0.15, 0.2) is 0 Å². The zero-order valence-electron chi connectivity index (χ0n) is 8.78. The SMILES string of the molecule is CCNCCOCCC(=O)OC(C)S. The van der Waals surface area contributed by atoms with Crippen LogP contribution in [0.25, 0.3) is 0 Å².